The van der Waals surface area contributed by atoms with Crippen molar-refractivity contribution in [3.05, 3.63) is 193 Å². The third-order valence-corrected chi connectivity index (χ3v) is 15.3. The summed E-state index contributed by atoms with van der Waals surface area (Å²) < 4.78 is 39.9. The Morgan fingerprint density at radius 1 is 0.339 bits per heavy atom. The standard InChI is InChI=1S/C56H34F2N2S2/c1-31-49(33-19-23-35(57)24-20-33)56(60-42-16-8-4-12-38(42)52-44(60)28-30-48-54(52)40-14-6-10-18-46(40)62-48)50(34-21-25-36(58)26-22-34)32(2)55(31)59-41-15-7-3-11-37(41)51-43(59)27-29-47-53(51)39-13-5-9-17-45(39)61-47/h3-30H,1-2H3. The highest BCUT2D eigenvalue weighted by molar-refractivity contribution is 7.26. The number of benzene rings is 9. The predicted octanol–water partition coefficient (Wildman–Crippen LogP) is 16.8. The van der Waals surface area contributed by atoms with Crippen LogP contribution in [0.2, 0.25) is 0 Å². The first-order valence-corrected chi connectivity index (χ1v) is 22.4. The summed E-state index contributed by atoms with van der Waals surface area (Å²) >= 11 is 3.65. The number of hydrogen-bond acceptors (Lipinski definition) is 2. The molecule has 2 nitrogen and oxygen atoms in total. The second kappa shape index (κ2) is 13.2. The molecule has 0 unspecified atom stereocenters. The van der Waals surface area contributed by atoms with Gasteiger partial charge in [-0.3, -0.25) is 0 Å². The topological polar surface area (TPSA) is 9.86 Å². The van der Waals surface area contributed by atoms with Crippen LogP contribution >= 0.6 is 22.7 Å². The maximum Gasteiger partial charge on any atom is 0.123 e. The first-order valence-electron chi connectivity index (χ1n) is 20.8. The van der Waals surface area contributed by atoms with Crippen molar-refractivity contribution in [2.45, 2.75) is 13.8 Å². The number of halogens is 2. The molecule has 0 bridgehead atoms. The van der Waals surface area contributed by atoms with Crippen molar-refractivity contribution in [2.24, 2.45) is 0 Å². The van der Waals surface area contributed by atoms with Crippen LogP contribution in [0.25, 0.3) is 118 Å². The highest BCUT2D eigenvalue weighted by Gasteiger charge is 2.29. The minimum atomic E-state index is -0.294. The molecule has 62 heavy (non-hydrogen) atoms. The molecule has 0 radical (unpaired) electrons. The second-order valence-electron chi connectivity index (χ2n) is 16.3. The Labute approximate surface area is 362 Å². The molecule has 4 heterocycles. The fourth-order valence-electron chi connectivity index (χ4n) is 10.5. The van der Waals surface area contributed by atoms with Gasteiger partial charge in [0.1, 0.15) is 11.6 Å². The second-order valence-corrected chi connectivity index (χ2v) is 18.4. The van der Waals surface area contributed by atoms with E-state index in [-0.39, 0.29) is 11.6 Å². The molecule has 0 atom stereocenters. The van der Waals surface area contributed by atoms with Gasteiger partial charge in [-0.1, -0.05) is 97.1 Å². The third-order valence-electron chi connectivity index (χ3n) is 13.0. The normalized spacial score (nSPS) is 12.2. The Balaban J connectivity index is 1.25. The Hall–Kier alpha value is -7.12. The average molecular weight is 837 g/mol. The van der Waals surface area contributed by atoms with Crippen LogP contribution in [-0.2, 0) is 0 Å². The first-order chi connectivity index (χ1) is 30.4. The fraction of sp³-hybridized carbons (Fsp3) is 0.0357. The molecular weight excluding hydrogens is 803 g/mol. The summed E-state index contributed by atoms with van der Waals surface area (Å²) in [7, 11) is 0. The maximum atomic E-state index is 15.0. The SMILES string of the molecule is Cc1c(-c2ccc(F)cc2)c(-n2c3ccccc3c3c4c(ccc32)sc2ccccc24)c(-c2ccc(F)cc2)c(C)c1-n1c2ccccc2c2c3c(ccc21)sc1ccccc13. The van der Waals surface area contributed by atoms with Crippen LogP contribution in [0, 0.1) is 25.5 Å². The zero-order valence-corrected chi connectivity index (χ0v) is 35.3. The van der Waals surface area contributed by atoms with Gasteiger partial charge in [0.25, 0.3) is 0 Å². The molecule has 0 amide bonds. The average Bonchev–Trinajstić information content (AvgIpc) is 4.05. The molecular formula is C56H34F2N2S2. The number of aromatic nitrogens is 2. The van der Waals surface area contributed by atoms with Crippen LogP contribution in [0.5, 0.6) is 0 Å². The summed E-state index contributed by atoms with van der Waals surface area (Å²) in [5.41, 5.74) is 12.2. The molecule has 0 aliphatic rings. The number of rotatable bonds is 4. The van der Waals surface area contributed by atoms with Crippen molar-refractivity contribution in [1.29, 1.82) is 0 Å². The van der Waals surface area contributed by atoms with E-state index in [1.54, 1.807) is 24.3 Å². The molecule has 0 saturated carbocycles. The van der Waals surface area contributed by atoms with E-state index in [2.05, 4.69) is 144 Å². The Kier molecular flexibility index (Phi) is 7.58. The molecule has 4 aromatic heterocycles. The smallest absolute Gasteiger partial charge is 0.123 e. The largest absolute Gasteiger partial charge is 0.309 e. The summed E-state index contributed by atoms with van der Waals surface area (Å²) in [6.45, 7) is 4.44. The van der Waals surface area contributed by atoms with E-state index in [0.29, 0.717) is 0 Å². The number of nitrogens with zero attached hydrogens (tertiary/aromatic N) is 2. The van der Waals surface area contributed by atoms with Crippen LogP contribution in [-0.4, -0.2) is 9.13 Å². The lowest BCUT2D eigenvalue weighted by atomic mass is 9.86. The van der Waals surface area contributed by atoms with E-state index in [1.807, 2.05) is 46.9 Å². The molecule has 0 aliphatic carbocycles. The van der Waals surface area contributed by atoms with Gasteiger partial charge in [-0.15, -0.1) is 22.7 Å². The molecule has 9 aromatic carbocycles. The van der Waals surface area contributed by atoms with Gasteiger partial charge in [0.15, 0.2) is 0 Å². The van der Waals surface area contributed by atoms with Gasteiger partial charge in [0.2, 0.25) is 0 Å². The molecule has 0 N–H and O–H groups in total. The van der Waals surface area contributed by atoms with Crippen molar-refractivity contribution in [3.63, 3.8) is 0 Å². The van der Waals surface area contributed by atoms with Crippen LogP contribution in [0.3, 0.4) is 0 Å². The molecule has 0 aliphatic heterocycles. The predicted molar refractivity (Wildman–Crippen MR) is 261 cm³/mol. The zero-order chi connectivity index (χ0) is 41.4. The van der Waals surface area contributed by atoms with Crippen molar-refractivity contribution >= 4 is 107 Å². The van der Waals surface area contributed by atoms with Crippen molar-refractivity contribution in [1.82, 2.24) is 9.13 Å². The summed E-state index contributed by atoms with van der Waals surface area (Å²) in [5.74, 6) is -0.589. The van der Waals surface area contributed by atoms with Gasteiger partial charge < -0.3 is 9.13 Å². The Morgan fingerprint density at radius 3 is 1.18 bits per heavy atom. The number of fused-ring (bicyclic) bond motifs is 14. The van der Waals surface area contributed by atoms with Gasteiger partial charge in [0, 0.05) is 73.0 Å². The van der Waals surface area contributed by atoms with Gasteiger partial charge >= 0.3 is 0 Å². The Bertz CT molecular complexity index is 3940. The van der Waals surface area contributed by atoms with Crippen LogP contribution in [0.1, 0.15) is 11.1 Å². The minimum Gasteiger partial charge on any atom is -0.309 e. The van der Waals surface area contributed by atoms with Gasteiger partial charge in [-0.05, 0) is 109 Å². The quantitative estimate of drug-likeness (QED) is 0.167. The lowest BCUT2D eigenvalue weighted by Gasteiger charge is -2.27. The number of hydrogen-bond donors (Lipinski definition) is 0. The van der Waals surface area contributed by atoms with Crippen molar-refractivity contribution in [2.75, 3.05) is 0 Å². The van der Waals surface area contributed by atoms with Crippen LogP contribution < -0.4 is 0 Å². The Morgan fingerprint density at radius 2 is 0.726 bits per heavy atom. The summed E-state index contributed by atoms with van der Waals surface area (Å²) in [6, 6.07) is 57.7. The monoisotopic (exact) mass is 836 g/mol. The highest BCUT2D eigenvalue weighted by atomic mass is 32.1. The van der Waals surface area contributed by atoms with Crippen molar-refractivity contribution < 1.29 is 8.78 Å². The number of para-hydroxylation sites is 2. The van der Waals surface area contributed by atoms with E-state index in [1.165, 1.54) is 56.5 Å². The van der Waals surface area contributed by atoms with E-state index in [4.69, 9.17) is 0 Å². The number of thiophene rings is 2. The lowest BCUT2D eigenvalue weighted by Crippen LogP contribution is -2.10. The lowest BCUT2D eigenvalue weighted by molar-refractivity contribution is 0.627. The zero-order valence-electron chi connectivity index (χ0n) is 33.6. The molecule has 13 aromatic rings. The van der Waals surface area contributed by atoms with E-state index in [0.717, 1.165) is 72.2 Å². The van der Waals surface area contributed by atoms with Crippen LogP contribution in [0.15, 0.2) is 170 Å². The summed E-state index contributed by atoms with van der Waals surface area (Å²) in [5, 5.41) is 9.75. The van der Waals surface area contributed by atoms with Gasteiger partial charge in [-0.25, -0.2) is 8.78 Å². The first kappa shape index (κ1) is 35.6. The van der Waals surface area contributed by atoms with Gasteiger partial charge in [-0.2, -0.15) is 0 Å². The summed E-state index contributed by atoms with van der Waals surface area (Å²) in [4.78, 5) is 0. The molecule has 0 fully saturated rings. The summed E-state index contributed by atoms with van der Waals surface area (Å²) in [6.07, 6.45) is 0. The molecule has 0 spiro atoms. The van der Waals surface area contributed by atoms with E-state index in [9.17, 15) is 0 Å². The molecule has 6 heteroatoms. The van der Waals surface area contributed by atoms with E-state index >= 15 is 8.78 Å². The molecule has 294 valence electrons. The maximum absolute atomic E-state index is 15.0. The molecule has 0 saturated heterocycles. The van der Waals surface area contributed by atoms with Gasteiger partial charge in [0.05, 0.1) is 33.4 Å². The van der Waals surface area contributed by atoms with E-state index < -0.39 is 0 Å². The fourth-order valence-corrected chi connectivity index (χ4v) is 12.8. The molecule has 13 rings (SSSR count). The van der Waals surface area contributed by atoms with Crippen molar-refractivity contribution in [3.8, 4) is 33.6 Å². The minimum absolute atomic E-state index is 0.294. The highest BCUT2D eigenvalue weighted by Crippen LogP contribution is 2.51. The van der Waals surface area contributed by atoms with Crippen LogP contribution in [0.4, 0.5) is 8.78 Å². The third kappa shape index (κ3) is 4.87.